The van der Waals surface area contributed by atoms with Gasteiger partial charge in [-0.1, -0.05) is 20.8 Å². The van der Waals surface area contributed by atoms with Crippen molar-refractivity contribution in [2.75, 3.05) is 0 Å². The topological polar surface area (TPSA) is 0 Å². The van der Waals surface area contributed by atoms with E-state index in [9.17, 15) is 8.78 Å². The van der Waals surface area contributed by atoms with E-state index in [1.807, 2.05) is 0 Å². The number of hydrogen-bond acceptors (Lipinski definition) is 0. The molecule has 0 heterocycles. The van der Waals surface area contributed by atoms with Crippen LogP contribution in [0.4, 0.5) is 8.78 Å². The first kappa shape index (κ1) is 10.9. The van der Waals surface area contributed by atoms with Gasteiger partial charge in [-0.2, -0.15) is 0 Å². The van der Waals surface area contributed by atoms with Crippen molar-refractivity contribution in [3.05, 3.63) is 0 Å². The zero-order valence-electron chi connectivity index (χ0n) is 8.82. The highest BCUT2D eigenvalue weighted by Gasteiger charge is 2.32. The normalized spacial score (nSPS) is 30.9. The van der Waals surface area contributed by atoms with Gasteiger partial charge in [0.1, 0.15) is 0 Å². The van der Waals surface area contributed by atoms with Gasteiger partial charge in [-0.05, 0) is 37.0 Å². The Morgan fingerprint density at radius 1 is 1.00 bits per heavy atom. The molecule has 0 spiro atoms. The van der Waals surface area contributed by atoms with Crippen molar-refractivity contribution in [2.24, 2.45) is 17.3 Å². The van der Waals surface area contributed by atoms with Crippen LogP contribution in [-0.4, -0.2) is 6.43 Å². The molecule has 0 aromatic heterocycles. The molecule has 13 heavy (non-hydrogen) atoms. The van der Waals surface area contributed by atoms with Crippen molar-refractivity contribution in [2.45, 2.75) is 52.9 Å². The molecule has 1 fully saturated rings. The van der Waals surface area contributed by atoms with Crippen molar-refractivity contribution < 1.29 is 8.78 Å². The minimum absolute atomic E-state index is 0.299. The van der Waals surface area contributed by atoms with Crippen molar-refractivity contribution in [1.82, 2.24) is 0 Å². The second-order valence-electron chi connectivity index (χ2n) is 5.31. The number of hydrogen-bond donors (Lipinski definition) is 0. The summed E-state index contributed by atoms with van der Waals surface area (Å²) < 4.78 is 24.7. The standard InChI is InChI=1S/C11H20F2/c1-11(2,3)9-6-4-8(5-7-9)10(12)13/h8-10H,4-7H2,1-3H3/t8-,9-. The molecular formula is C11H20F2. The summed E-state index contributed by atoms with van der Waals surface area (Å²) in [6.45, 7) is 6.63. The molecule has 1 saturated carbocycles. The number of halogens is 2. The Morgan fingerprint density at radius 2 is 1.46 bits per heavy atom. The third kappa shape index (κ3) is 2.92. The lowest BCUT2D eigenvalue weighted by Crippen LogP contribution is -2.28. The zero-order valence-corrected chi connectivity index (χ0v) is 8.82. The zero-order chi connectivity index (χ0) is 10.1. The Balaban J connectivity index is 2.39. The largest absolute Gasteiger partial charge is 0.241 e. The highest BCUT2D eigenvalue weighted by molar-refractivity contribution is 4.81. The second-order valence-corrected chi connectivity index (χ2v) is 5.31. The van der Waals surface area contributed by atoms with Gasteiger partial charge in [0.25, 0.3) is 0 Å². The molecule has 0 nitrogen and oxygen atoms in total. The fraction of sp³-hybridized carbons (Fsp3) is 1.00. The van der Waals surface area contributed by atoms with Crippen LogP contribution in [0.15, 0.2) is 0 Å². The van der Waals surface area contributed by atoms with Gasteiger partial charge in [0, 0.05) is 5.92 Å². The lowest BCUT2D eigenvalue weighted by atomic mass is 9.70. The average molecular weight is 190 g/mol. The van der Waals surface area contributed by atoms with Gasteiger partial charge in [0.15, 0.2) is 0 Å². The molecule has 2 heteroatoms. The Hall–Kier alpha value is -0.140. The van der Waals surface area contributed by atoms with E-state index in [1.54, 1.807) is 0 Å². The molecule has 1 rings (SSSR count). The van der Waals surface area contributed by atoms with Gasteiger partial charge in [-0.25, -0.2) is 8.78 Å². The van der Waals surface area contributed by atoms with Gasteiger partial charge >= 0.3 is 0 Å². The Labute approximate surface area is 79.7 Å². The minimum atomic E-state index is -2.10. The fourth-order valence-corrected chi connectivity index (χ4v) is 2.24. The average Bonchev–Trinajstić information content (AvgIpc) is 2.03. The van der Waals surface area contributed by atoms with Crippen LogP contribution in [0.3, 0.4) is 0 Å². The lowest BCUT2D eigenvalue weighted by molar-refractivity contribution is 0.0308. The molecule has 0 radical (unpaired) electrons. The maximum atomic E-state index is 12.3. The number of rotatable bonds is 1. The predicted octanol–water partition coefficient (Wildman–Crippen LogP) is 4.10. The van der Waals surface area contributed by atoms with Crippen LogP contribution in [0.2, 0.25) is 0 Å². The van der Waals surface area contributed by atoms with Crippen LogP contribution in [0.5, 0.6) is 0 Å². The molecule has 1 aliphatic rings. The number of alkyl halides is 2. The van der Waals surface area contributed by atoms with Gasteiger partial charge in [0.05, 0.1) is 0 Å². The SMILES string of the molecule is CC(C)(C)[C@H]1CC[C@H](C(F)F)CC1. The van der Waals surface area contributed by atoms with Crippen LogP contribution < -0.4 is 0 Å². The molecule has 0 aromatic carbocycles. The van der Waals surface area contributed by atoms with Crippen LogP contribution >= 0.6 is 0 Å². The summed E-state index contributed by atoms with van der Waals surface area (Å²) in [5, 5.41) is 0. The molecule has 0 N–H and O–H groups in total. The van der Waals surface area contributed by atoms with Crippen molar-refractivity contribution in [1.29, 1.82) is 0 Å². The molecule has 0 atom stereocenters. The monoisotopic (exact) mass is 190 g/mol. The first-order valence-electron chi connectivity index (χ1n) is 5.19. The van der Waals surface area contributed by atoms with E-state index < -0.39 is 6.43 Å². The molecule has 78 valence electrons. The third-order valence-corrected chi connectivity index (χ3v) is 3.35. The van der Waals surface area contributed by atoms with Crippen LogP contribution in [0.1, 0.15) is 46.5 Å². The highest BCUT2D eigenvalue weighted by atomic mass is 19.3. The molecular weight excluding hydrogens is 170 g/mol. The van der Waals surface area contributed by atoms with E-state index in [0.29, 0.717) is 11.3 Å². The second kappa shape index (κ2) is 3.93. The van der Waals surface area contributed by atoms with E-state index in [-0.39, 0.29) is 5.92 Å². The molecule has 1 aliphatic carbocycles. The fourth-order valence-electron chi connectivity index (χ4n) is 2.24. The summed E-state index contributed by atoms with van der Waals surface area (Å²) in [7, 11) is 0. The lowest BCUT2D eigenvalue weighted by Gasteiger charge is -2.36. The molecule has 0 aromatic rings. The Morgan fingerprint density at radius 3 is 1.77 bits per heavy atom. The quantitative estimate of drug-likeness (QED) is 0.584. The van der Waals surface area contributed by atoms with Gasteiger partial charge in [0.2, 0.25) is 6.43 Å². The van der Waals surface area contributed by atoms with Crippen LogP contribution in [-0.2, 0) is 0 Å². The highest BCUT2D eigenvalue weighted by Crippen LogP contribution is 2.41. The predicted molar refractivity (Wildman–Crippen MR) is 50.9 cm³/mol. The van der Waals surface area contributed by atoms with E-state index in [2.05, 4.69) is 20.8 Å². The Bertz CT molecular complexity index is 150. The minimum Gasteiger partial charge on any atom is -0.210 e. The first-order valence-corrected chi connectivity index (χ1v) is 5.19. The van der Waals surface area contributed by atoms with E-state index in [0.717, 1.165) is 25.7 Å². The summed E-state index contributed by atoms with van der Waals surface area (Å²) in [6.07, 6.45) is 1.32. The summed E-state index contributed by atoms with van der Waals surface area (Å²) in [5.74, 6) is 0.320. The van der Waals surface area contributed by atoms with E-state index >= 15 is 0 Å². The Kier molecular flexibility index (Phi) is 3.31. The molecule has 0 saturated heterocycles. The van der Waals surface area contributed by atoms with Gasteiger partial charge in [-0.15, -0.1) is 0 Å². The molecule has 0 bridgehead atoms. The van der Waals surface area contributed by atoms with Gasteiger partial charge < -0.3 is 0 Å². The van der Waals surface area contributed by atoms with Crippen molar-refractivity contribution in [3.8, 4) is 0 Å². The smallest absolute Gasteiger partial charge is 0.210 e. The third-order valence-electron chi connectivity index (χ3n) is 3.35. The maximum absolute atomic E-state index is 12.3. The van der Waals surface area contributed by atoms with Crippen LogP contribution in [0, 0.1) is 17.3 Å². The summed E-state index contributed by atoms with van der Waals surface area (Å²) in [5.41, 5.74) is 0.299. The molecule has 0 amide bonds. The summed E-state index contributed by atoms with van der Waals surface area (Å²) in [4.78, 5) is 0. The molecule has 0 aliphatic heterocycles. The van der Waals surface area contributed by atoms with Crippen molar-refractivity contribution >= 4 is 0 Å². The summed E-state index contributed by atoms with van der Waals surface area (Å²) in [6, 6.07) is 0. The van der Waals surface area contributed by atoms with Gasteiger partial charge in [-0.3, -0.25) is 0 Å². The maximum Gasteiger partial charge on any atom is 0.241 e. The van der Waals surface area contributed by atoms with Crippen LogP contribution in [0.25, 0.3) is 0 Å². The first-order chi connectivity index (χ1) is 5.91. The van der Waals surface area contributed by atoms with E-state index in [1.165, 1.54) is 0 Å². The summed E-state index contributed by atoms with van der Waals surface area (Å²) >= 11 is 0. The van der Waals surface area contributed by atoms with Crippen molar-refractivity contribution in [3.63, 3.8) is 0 Å². The molecule has 0 unspecified atom stereocenters. The van der Waals surface area contributed by atoms with E-state index in [4.69, 9.17) is 0 Å².